The van der Waals surface area contributed by atoms with Gasteiger partial charge in [-0.15, -0.1) is 11.8 Å². The maximum Gasteiger partial charge on any atom is 0.254 e. The second-order valence-electron chi connectivity index (χ2n) is 9.20. The van der Waals surface area contributed by atoms with E-state index in [1.54, 1.807) is 17.8 Å². The molecule has 1 amide bonds. The normalized spacial score (nSPS) is 37.7. The van der Waals surface area contributed by atoms with Crippen molar-refractivity contribution in [3.05, 3.63) is 22.8 Å². The molecule has 6 heteroatoms. The van der Waals surface area contributed by atoms with E-state index in [4.69, 9.17) is 11.6 Å². The molecule has 4 bridgehead atoms. The van der Waals surface area contributed by atoms with E-state index < -0.39 is 5.60 Å². The fraction of sp³-hybridized carbons (Fsp3) is 0.714. The van der Waals surface area contributed by atoms with Gasteiger partial charge >= 0.3 is 0 Å². The van der Waals surface area contributed by atoms with Crippen LogP contribution in [-0.4, -0.2) is 32.9 Å². The molecular formula is C21H27ClN2O2S. The Balaban J connectivity index is 1.34. The lowest BCUT2D eigenvalue weighted by atomic mass is 9.52. The summed E-state index contributed by atoms with van der Waals surface area (Å²) in [4.78, 5) is 17.6. The highest BCUT2D eigenvalue weighted by molar-refractivity contribution is 7.99. The van der Waals surface area contributed by atoms with Crippen LogP contribution < -0.4 is 5.32 Å². The average Bonchev–Trinajstić information content (AvgIpc) is 3.09. The molecule has 0 aliphatic heterocycles. The Bertz CT molecular complexity index is 736. The van der Waals surface area contributed by atoms with Crippen LogP contribution in [-0.2, 0) is 0 Å². The Hall–Kier alpha value is -0.780. The van der Waals surface area contributed by atoms with Crippen LogP contribution in [0.25, 0.3) is 0 Å². The van der Waals surface area contributed by atoms with E-state index >= 15 is 0 Å². The van der Waals surface area contributed by atoms with Crippen LogP contribution in [0.4, 0.5) is 0 Å². The van der Waals surface area contributed by atoms with E-state index in [9.17, 15) is 9.90 Å². The summed E-state index contributed by atoms with van der Waals surface area (Å²) in [5.41, 5.74) is 0.187. The molecule has 2 N–H and O–H groups in total. The minimum Gasteiger partial charge on any atom is -0.390 e. The Morgan fingerprint density at radius 3 is 2.56 bits per heavy atom. The monoisotopic (exact) mass is 406 g/mol. The van der Waals surface area contributed by atoms with Gasteiger partial charge in [0.1, 0.15) is 10.2 Å². The standard InChI is InChI=1S/C21H27ClN2O2S/c22-17-6-5-16(20(23-17)27-15-3-1-2-4-15)19(25)24-18-13-7-12-8-14(18)11-21(26,9-12)10-13/h5-6,12-15,18,26H,1-4,7-11H2,(H,24,25). The molecule has 1 heterocycles. The zero-order chi connectivity index (χ0) is 18.6. The number of carbonyl (C=O) groups is 1. The largest absolute Gasteiger partial charge is 0.390 e. The third kappa shape index (κ3) is 3.51. The number of pyridine rings is 1. The third-order valence-electron chi connectivity index (χ3n) is 7.19. The number of nitrogens with zero attached hydrogens (tertiary/aromatic N) is 1. The number of hydrogen-bond acceptors (Lipinski definition) is 4. The maximum atomic E-state index is 13.2. The van der Waals surface area contributed by atoms with E-state index in [1.807, 2.05) is 6.07 Å². The molecule has 0 saturated heterocycles. The number of halogens is 1. The van der Waals surface area contributed by atoms with Gasteiger partial charge in [-0.3, -0.25) is 4.79 Å². The molecule has 5 aliphatic rings. The van der Waals surface area contributed by atoms with Crippen LogP contribution in [0.5, 0.6) is 0 Å². The van der Waals surface area contributed by atoms with Gasteiger partial charge in [0, 0.05) is 11.3 Å². The number of thioether (sulfide) groups is 1. The van der Waals surface area contributed by atoms with Crippen molar-refractivity contribution in [2.45, 2.75) is 79.7 Å². The summed E-state index contributed by atoms with van der Waals surface area (Å²) in [5, 5.41) is 15.9. The zero-order valence-electron chi connectivity index (χ0n) is 15.5. The number of aliphatic hydroxyl groups is 1. The molecule has 1 aromatic rings. The lowest BCUT2D eigenvalue weighted by Gasteiger charge is -2.58. The predicted octanol–water partition coefficient (Wildman–Crippen LogP) is 4.44. The average molecular weight is 407 g/mol. The van der Waals surface area contributed by atoms with Gasteiger partial charge in [0.15, 0.2) is 0 Å². The zero-order valence-corrected chi connectivity index (χ0v) is 17.1. The van der Waals surface area contributed by atoms with Crippen molar-refractivity contribution >= 4 is 29.3 Å². The fourth-order valence-corrected chi connectivity index (χ4v) is 7.81. The Morgan fingerprint density at radius 1 is 1.19 bits per heavy atom. The third-order valence-corrected chi connectivity index (χ3v) is 8.74. The summed E-state index contributed by atoms with van der Waals surface area (Å²) in [6, 6.07) is 3.73. The van der Waals surface area contributed by atoms with Crippen LogP contribution >= 0.6 is 23.4 Å². The molecular weight excluding hydrogens is 380 g/mol. The lowest BCUT2D eigenvalue weighted by molar-refractivity contribution is -0.136. The van der Waals surface area contributed by atoms with Gasteiger partial charge in [0.25, 0.3) is 5.91 Å². The molecule has 27 heavy (non-hydrogen) atoms. The minimum absolute atomic E-state index is 0.0240. The highest BCUT2D eigenvalue weighted by Crippen LogP contribution is 2.55. The minimum atomic E-state index is -0.469. The number of carbonyl (C=O) groups excluding carboxylic acids is 1. The number of rotatable bonds is 4. The molecule has 2 unspecified atom stereocenters. The molecule has 0 spiro atoms. The molecule has 5 aliphatic carbocycles. The van der Waals surface area contributed by atoms with Crippen molar-refractivity contribution in [1.82, 2.24) is 10.3 Å². The van der Waals surface area contributed by atoms with Crippen molar-refractivity contribution in [1.29, 1.82) is 0 Å². The number of hydrogen-bond donors (Lipinski definition) is 2. The maximum absolute atomic E-state index is 13.2. The Morgan fingerprint density at radius 2 is 1.89 bits per heavy atom. The first-order valence-electron chi connectivity index (χ1n) is 10.4. The number of amides is 1. The highest BCUT2D eigenvalue weighted by atomic mass is 35.5. The molecule has 6 rings (SSSR count). The number of aromatic nitrogens is 1. The van der Waals surface area contributed by atoms with Gasteiger partial charge in [-0.2, -0.15) is 0 Å². The summed E-state index contributed by atoms with van der Waals surface area (Å²) >= 11 is 7.84. The van der Waals surface area contributed by atoms with Gasteiger partial charge in [-0.05, 0) is 74.8 Å². The first-order valence-corrected chi connectivity index (χ1v) is 11.6. The summed E-state index contributed by atoms with van der Waals surface area (Å²) in [6.45, 7) is 0. The molecule has 0 aromatic carbocycles. The Labute approximate surface area is 169 Å². The topological polar surface area (TPSA) is 62.2 Å². The summed E-state index contributed by atoms with van der Waals surface area (Å²) in [6.07, 6.45) is 9.83. The van der Waals surface area contributed by atoms with Gasteiger partial charge in [-0.25, -0.2) is 4.98 Å². The van der Waals surface area contributed by atoms with Gasteiger partial charge < -0.3 is 10.4 Å². The van der Waals surface area contributed by atoms with Crippen LogP contribution in [0.1, 0.15) is 68.1 Å². The highest BCUT2D eigenvalue weighted by Gasteiger charge is 2.55. The molecule has 0 radical (unpaired) electrons. The molecule has 4 nitrogen and oxygen atoms in total. The van der Waals surface area contributed by atoms with Crippen molar-refractivity contribution in [2.24, 2.45) is 17.8 Å². The van der Waals surface area contributed by atoms with E-state index in [0.29, 0.717) is 33.7 Å². The molecule has 1 aromatic heterocycles. The van der Waals surface area contributed by atoms with Gasteiger partial charge in [-0.1, -0.05) is 24.4 Å². The van der Waals surface area contributed by atoms with Crippen LogP contribution in [0, 0.1) is 17.8 Å². The van der Waals surface area contributed by atoms with Gasteiger partial charge in [0.05, 0.1) is 11.2 Å². The lowest BCUT2D eigenvalue weighted by Crippen LogP contribution is -2.61. The van der Waals surface area contributed by atoms with E-state index in [1.165, 1.54) is 25.7 Å². The summed E-state index contributed by atoms with van der Waals surface area (Å²) in [5.74, 6) is 1.45. The quantitative estimate of drug-likeness (QED) is 0.725. The van der Waals surface area contributed by atoms with Crippen LogP contribution in [0.15, 0.2) is 17.2 Å². The summed E-state index contributed by atoms with van der Waals surface area (Å²) < 4.78 is 0. The SMILES string of the molecule is O=C(NC1C2CC3CC1CC(O)(C3)C2)c1ccc(Cl)nc1SC1CCCC1. The van der Waals surface area contributed by atoms with Crippen molar-refractivity contribution in [2.75, 3.05) is 0 Å². The van der Waals surface area contributed by atoms with Crippen molar-refractivity contribution in [3.63, 3.8) is 0 Å². The van der Waals surface area contributed by atoms with E-state index in [-0.39, 0.29) is 11.9 Å². The van der Waals surface area contributed by atoms with Crippen molar-refractivity contribution in [3.8, 4) is 0 Å². The second kappa shape index (κ2) is 6.93. The van der Waals surface area contributed by atoms with E-state index in [0.717, 1.165) is 37.1 Å². The molecule has 5 fully saturated rings. The fourth-order valence-electron chi connectivity index (χ4n) is 6.29. The molecule has 5 saturated carbocycles. The van der Waals surface area contributed by atoms with Crippen LogP contribution in [0.2, 0.25) is 5.15 Å². The van der Waals surface area contributed by atoms with Gasteiger partial charge in [0.2, 0.25) is 0 Å². The predicted molar refractivity (Wildman–Crippen MR) is 107 cm³/mol. The number of nitrogens with one attached hydrogen (secondary N) is 1. The second-order valence-corrected chi connectivity index (χ2v) is 10.9. The van der Waals surface area contributed by atoms with Crippen molar-refractivity contribution < 1.29 is 9.90 Å². The first kappa shape index (κ1) is 18.3. The summed E-state index contributed by atoms with van der Waals surface area (Å²) in [7, 11) is 0. The first-order chi connectivity index (χ1) is 13.0. The van der Waals surface area contributed by atoms with E-state index in [2.05, 4.69) is 10.3 Å². The van der Waals surface area contributed by atoms with Crippen LogP contribution in [0.3, 0.4) is 0 Å². The smallest absolute Gasteiger partial charge is 0.254 e. The molecule has 2 atom stereocenters. The Kier molecular flexibility index (Phi) is 4.68. The molecule has 146 valence electrons.